The molecule has 10 heteroatoms. The van der Waals surface area contributed by atoms with Crippen LogP contribution in [-0.2, 0) is 24.4 Å². The van der Waals surface area contributed by atoms with Crippen LogP contribution in [0.3, 0.4) is 0 Å². The van der Waals surface area contributed by atoms with Crippen LogP contribution in [0.1, 0.15) is 25.8 Å². The van der Waals surface area contributed by atoms with Crippen molar-refractivity contribution < 1.29 is 22.8 Å². The van der Waals surface area contributed by atoms with E-state index in [1.165, 1.54) is 12.1 Å². The van der Waals surface area contributed by atoms with Crippen LogP contribution in [-0.4, -0.2) is 39.2 Å². The lowest BCUT2D eigenvalue weighted by molar-refractivity contribution is -0.129. The first-order valence-electron chi connectivity index (χ1n) is 8.01. The van der Waals surface area contributed by atoms with Crippen LogP contribution in [0.25, 0.3) is 0 Å². The Balaban J connectivity index is 2.34. The van der Waals surface area contributed by atoms with Gasteiger partial charge >= 0.3 is 0 Å². The number of hydrogen-bond acceptors (Lipinski definition) is 5. The van der Waals surface area contributed by atoms with Crippen LogP contribution in [0.4, 0.5) is 0 Å². The Morgan fingerprint density at radius 2 is 1.50 bits per heavy atom. The fourth-order valence-corrected chi connectivity index (χ4v) is 2.79. The second-order valence-electron chi connectivity index (χ2n) is 6.11. The van der Waals surface area contributed by atoms with E-state index in [4.69, 9.17) is 0 Å². The summed E-state index contributed by atoms with van der Waals surface area (Å²) in [6, 6.07) is 6.16. The zero-order chi connectivity index (χ0) is 19.7. The molecule has 0 aliphatic carbocycles. The third-order valence-electron chi connectivity index (χ3n) is 3.14. The number of benzene rings is 1. The van der Waals surface area contributed by atoms with Gasteiger partial charge in [0.05, 0.1) is 18.0 Å². The van der Waals surface area contributed by atoms with Crippen molar-refractivity contribution in [3.05, 3.63) is 29.8 Å². The lowest BCUT2D eigenvalue weighted by Crippen LogP contribution is -2.47. The summed E-state index contributed by atoms with van der Waals surface area (Å²) in [7, 11) is -3.81. The van der Waals surface area contributed by atoms with Gasteiger partial charge in [0, 0.05) is 6.42 Å². The van der Waals surface area contributed by atoms with Gasteiger partial charge in [-0.3, -0.25) is 25.2 Å². The Hall–Kier alpha value is -2.46. The van der Waals surface area contributed by atoms with Crippen LogP contribution in [0.5, 0.6) is 0 Å². The molecule has 0 unspecified atom stereocenters. The number of rotatable bonds is 8. The van der Waals surface area contributed by atoms with Gasteiger partial charge in [-0.25, -0.2) is 13.1 Å². The van der Waals surface area contributed by atoms with E-state index in [1.807, 2.05) is 20.8 Å². The molecule has 1 aromatic rings. The van der Waals surface area contributed by atoms with E-state index in [-0.39, 0.29) is 23.1 Å². The molecule has 0 aliphatic heterocycles. The first-order valence-corrected chi connectivity index (χ1v) is 9.49. The number of carbonyl (C=O) groups excluding carboxylic acids is 3. The van der Waals surface area contributed by atoms with Crippen molar-refractivity contribution in [3.8, 4) is 0 Å². The maximum atomic E-state index is 12.0. The number of nitrogens with one attached hydrogen (secondary N) is 4. The minimum Gasteiger partial charge on any atom is -0.346 e. The normalized spacial score (nSPS) is 11.1. The Bertz CT molecular complexity index is 744. The molecule has 0 spiro atoms. The van der Waals surface area contributed by atoms with E-state index in [1.54, 1.807) is 12.1 Å². The minimum atomic E-state index is -3.81. The Kier molecular flexibility index (Phi) is 8.20. The van der Waals surface area contributed by atoms with E-state index >= 15 is 0 Å². The van der Waals surface area contributed by atoms with Gasteiger partial charge in [0.25, 0.3) is 5.91 Å². The van der Waals surface area contributed by atoms with Crippen molar-refractivity contribution in [2.45, 2.75) is 32.1 Å². The van der Waals surface area contributed by atoms with E-state index in [0.29, 0.717) is 0 Å². The topological polar surface area (TPSA) is 133 Å². The van der Waals surface area contributed by atoms with Crippen molar-refractivity contribution in [1.82, 2.24) is 20.9 Å². The fourth-order valence-electron chi connectivity index (χ4n) is 1.81. The molecule has 0 atom stereocenters. The third kappa shape index (κ3) is 8.08. The number of aryl methyl sites for hydroxylation is 1. The number of amides is 3. The Morgan fingerprint density at radius 1 is 0.923 bits per heavy atom. The minimum absolute atomic E-state index is 0.0431. The van der Waals surface area contributed by atoms with E-state index in [2.05, 4.69) is 20.9 Å². The van der Waals surface area contributed by atoms with Crippen LogP contribution < -0.4 is 20.9 Å². The Morgan fingerprint density at radius 3 is 2.08 bits per heavy atom. The predicted octanol–water partition coefficient (Wildman–Crippen LogP) is -0.417. The quantitative estimate of drug-likeness (QED) is 0.452. The van der Waals surface area contributed by atoms with Crippen molar-refractivity contribution in [2.24, 2.45) is 5.92 Å². The molecule has 0 saturated carbocycles. The standard InChI is InChI=1S/C16H24N4O5S/c1-11(2)8-14(21)19-20-16(23)9-17-15(22)10-18-26(24,25)13-6-4-12(3)5-7-13/h4-7,11,18H,8-10H2,1-3H3,(H,17,22)(H,19,21)(H,20,23). The zero-order valence-corrected chi connectivity index (χ0v) is 15.8. The molecule has 0 fully saturated rings. The van der Waals surface area contributed by atoms with Crippen LogP contribution in [0.15, 0.2) is 29.2 Å². The van der Waals surface area contributed by atoms with E-state index < -0.39 is 34.9 Å². The van der Waals surface area contributed by atoms with Crippen molar-refractivity contribution >= 4 is 27.7 Å². The van der Waals surface area contributed by atoms with Gasteiger partial charge in [0.15, 0.2) is 0 Å². The van der Waals surface area contributed by atoms with Gasteiger partial charge in [0.1, 0.15) is 0 Å². The molecule has 0 bridgehead atoms. The Labute approximate surface area is 152 Å². The average Bonchev–Trinajstić information content (AvgIpc) is 2.56. The maximum Gasteiger partial charge on any atom is 0.257 e. The second-order valence-corrected chi connectivity index (χ2v) is 7.88. The highest BCUT2D eigenvalue weighted by molar-refractivity contribution is 7.89. The molecular weight excluding hydrogens is 360 g/mol. The third-order valence-corrected chi connectivity index (χ3v) is 4.55. The molecule has 26 heavy (non-hydrogen) atoms. The van der Waals surface area contributed by atoms with Gasteiger partial charge in [-0.2, -0.15) is 0 Å². The number of carbonyl (C=O) groups is 3. The summed E-state index contributed by atoms with van der Waals surface area (Å²) in [5, 5.41) is 2.25. The average molecular weight is 384 g/mol. The van der Waals surface area contributed by atoms with Crippen LogP contribution in [0.2, 0.25) is 0 Å². The molecule has 3 amide bonds. The summed E-state index contributed by atoms with van der Waals surface area (Å²) in [5.41, 5.74) is 5.28. The van der Waals surface area contributed by atoms with Gasteiger partial charge < -0.3 is 5.32 Å². The highest BCUT2D eigenvalue weighted by Gasteiger charge is 2.15. The van der Waals surface area contributed by atoms with Gasteiger partial charge in [-0.05, 0) is 25.0 Å². The first-order chi connectivity index (χ1) is 12.1. The highest BCUT2D eigenvalue weighted by Crippen LogP contribution is 2.09. The smallest absolute Gasteiger partial charge is 0.257 e. The number of hydrazine groups is 1. The first kappa shape index (κ1) is 21.6. The lowest BCUT2D eigenvalue weighted by Gasteiger charge is -2.10. The second kappa shape index (κ2) is 9.88. The molecule has 4 N–H and O–H groups in total. The summed E-state index contributed by atoms with van der Waals surface area (Å²) in [4.78, 5) is 34.6. The molecule has 0 aliphatic rings. The largest absolute Gasteiger partial charge is 0.346 e. The van der Waals surface area contributed by atoms with Crippen LogP contribution >= 0.6 is 0 Å². The van der Waals surface area contributed by atoms with Crippen molar-refractivity contribution in [2.75, 3.05) is 13.1 Å². The molecule has 144 valence electrons. The molecule has 1 aromatic carbocycles. The fraction of sp³-hybridized carbons (Fsp3) is 0.438. The summed E-state index contributed by atoms with van der Waals surface area (Å²) in [6.45, 7) is 4.64. The molecule has 9 nitrogen and oxygen atoms in total. The van der Waals surface area contributed by atoms with E-state index in [9.17, 15) is 22.8 Å². The summed E-state index contributed by atoms with van der Waals surface area (Å²) in [5.74, 6) is -1.50. The van der Waals surface area contributed by atoms with Gasteiger partial charge in [-0.15, -0.1) is 0 Å². The van der Waals surface area contributed by atoms with Crippen LogP contribution in [0, 0.1) is 12.8 Å². The number of sulfonamides is 1. The summed E-state index contributed by atoms with van der Waals surface area (Å²) < 4.78 is 26.2. The zero-order valence-electron chi connectivity index (χ0n) is 15.0. The number of hydrogen-bond donors (Lipinski definition) is 4. The molecule has 0 saturated heterocycles. The molecule has 1 rings (SSSR count). The lowest BCUT2D eigenvalue weighted by atomic mass is 10.1. The molecular formula is C16H24N4O5S. The van der Waals surface area contributed by atoms with E-state index in [0.717, 1.165) is 5.56 Å². The van der Waals surface area contributed by atoms with Crippen molar-refractivity contribution in [1.29, 1.82) is 0 Å². The monoisotopic (exact) mass is 384 g/mol. The summed E-state index contributed by atoms with van der Waals surface area (Å²) in [6.07, 6.45) is 0.257. The highest BCUT2D eigenvalue weighted by atomic mass is 32.2. The predicted molar refractivity (Wildman–Crippen MR) is 95.1 cm³/mol. The summed E-state index contributed by atoms with van der Waals surface area (Å²) >= 11 is 0. The molecule has 0 radical (unpaired) electrons. The maximum absolute atomic E-state index is 12.0. The molecule has 0 heterocycles. The SMILES string of the molecule is Cc1ccc(S(=O)(=O)NCC(=O)NCC(=O)NNC(=O)CC(C)C)cc1. The molecule has 0 aromatic heterocycles. The van der Waals surface area contributed by atoms with Crippen molar-refractivity contribution in [3.63, 3.8) is 0 Å². The van der Waals surface area contributed by atoms with Gasteiger partial charge in [-0.1, -0.05) is 31.5 Å². The van der Waals surface area contributed by atoms with Gasteiger partial charge in [0.2, 0.25) is 21.8 Å².